The van der Waals surface area contributed by atoms with E-state index in [1.165, 1.54) is 24.7 Å². The van der Waals surface area contributed by atoms with Crippen LogP contribution in [0.25, 0.3) is 0 Å². The van der Waals surface area contributed by atoms with Crippen molar-refractivity contribution >= 4 is 11.8 Å². The Morgan fingerprint density at radius 1 is 0.962 bits per heavy atom. The third-order valence-electron chi connectivity index (χ3n) is 5.20. The lowest BCUT2D eigenvalue weighted by atomic mass is 9.95. The van der Waals surface area contributed by atoms with E-state index in [0.717, 1.165) is 4.57 Å². The fraction of sp³-hybridized carbons (Fsp3) is 0.647. The predicted molar refractivity (Wildman–Crippen MR) is 93.0 cm³/mol. The Balaban J connectivity index is 1.66. The van der Waals surface area contributed by atoms with Crippen molar-refractivity contribution in [2.75, 3.05) is 39.4 Å². The van der Waals surface area contributed by atoms with Gasteiger partial charge in [-0.1, -0.05) is 0 Å². The van der Waals surface area contributed by atoms with Gasteiger partial charge in [0.15, 0.2) is 0 Å². The monoisotopic (exact) mass is 364 g/mol. The van der Waals surface area contributed by atoms with Crippen molar-refractivity contribution in [2.45, 2.75) is 12.8 Å². The van der Waals surface area contributed by atoms with Gasteiger partial charge in [-0.05, 0) is 12.8 Å². The minimum absolute atomic E-state index is 0.0797. The van der Waals surface area contributed by atoms with Gasteiger partial charge in [0, 0.05) is 52.3 Å². The van der Waals surface area contributed by atoms with Crippen LogP contribution < -0.4 is 11.2 Å². The number of aromatic nitrogens is 2. The van der Waals surface area contributed by atoms with E-state index < -0.39 is 11.2 Å². The summed E-state index contributed by atoms with van der Waals surface area (Å²) in [7, 11) is 2.85. The van der Waals surface area contributed by atoms with Gasteiger partial charge in [-0.25, -0.2) is 4.79 Å². The molecule has 2 aliphatic rings. The largest absolute Gasteiger partial charge is 0.378 e. The van der Waals surface area contributed by atoms with Crippen LogP contribution in [0.2, 0.25) is 0 Å². The van der Waals surface area contributed by atoms with Crippen LogP contribution >= 0.6 is 0 Å². The van der Waals surface area contributed by atoms with E-state index in [1.807, 2.05) is 4.90 Å². The molecule has 0 atom stereocenters. The van der Waals surface area contributed by atoms with Gasteiger partial charge in [-0.3, -0.25) is 23.5 Å². The third kappa shape index (κ3) is 3.44. The minimum Gasteiger partial charge on any atom is -0.378 e. The molecule has 2 fully saturated rings. The molecule has 2 aliphatic heterocycles. The fourth-order valence-corrected chi connectivity index (χ4v) is 3.47. The number of carbonyl (C=O) groups is 2. The summed E-state index contributed by atoms with van der Waals surface area (Å²) < 4.78 is 7.42. The highest BCUT2D eigenvalue weighted by Crippen LogP contribution is 2.21. The molecule has 0 bridgehead atoms. The number of hydrogen-bond donors (Lipinski definition) is 0. The Labute approximate surface area is 150 Å². The second-order valence-corrected chi connectivity index (χ2v) is 6.77. The van der Waals surface area contributed by atoms with Crippen molar-refractivity contribution in [3.8, 4) is 0 Å². The number of rotatable bonds is 2. The SMILES string of the molecule is Cn1c(C(=O)N2CCC(C(=O)N3CCOCC3)CC2)cc(=O)n(C)c1=O. The van der Waals surface area contributed by atoms with Crippen molar-refractivity contribution in [1.29, 1.82) is 0 Å². The van der Waals surface area contributed by atoms with E-state index in [1.54, 1.807) is 4.90 Å². The van der Waals surface area contributed by atoms with Gasteiger partial charge in [-0.2, -0.15) is 0 Å². The highest BCUT2D eigenvalue weighted by Gasteiger charge is 2.31. The number of hydrogen-bond acceptors (Lipinski definition) is 5. The molecular formula is C17H24N4O5. The molecule has 3 rings (SSSR count). The normalized spacial score (nSPS) is 18.8. The highest BCUT2D eigenvalue weighted by atomic mass is 16.5. The van der Waals surface area contributed by atoms with Crippen molar-refractivity contribution in [1.82, 2.24) is 18.9 Å². The quantitative estimate of drug-likeness (QED) is 0.657. The summed E-state index contributed by atoms with van der Waals surface area (Å²) in [6, 6.07) is 1.19. The standard InChI is InChI=1S/C17H24N4O5/c1-18-13(11-14(22)19(2)17(18)25)16(24)20-5-3-12(4-6-20)15(23)21-7-9-26-10-8-21/h11-12H,3-10H2,1-2H3. The van der Waals surface area contributed by atoms with E-state index in [0.29, 0.717) is 52.2 Å². The molecule has 1 aromatic heterocycles. The van der Waals surface area contributed by atoms with E-state index in [-0.39, 0.29) is 23.4 Å². The third-order valence-corrected chi connectivity index (χ3v) is 5.20. The van der Waals surface area contributed by atoms with Crippen molar-refractivity contribution in [2.24, 2.45) is 20.0 Å². The summed E-state index contributed by atoms with van der Waals surface area (Å²) in [5.41, 5.74) is -0.955. The maximum absolute atomic E-state index is 12.7. The van der Waals surface area contributed by atoms with Crippen molar-refractivity contribution < 1.29 is 14.3 Å². The van der Waals surface area contributed by atoms with Gasteiger partial charge in [0.25, 0.3) is 11.5 Å². The van der Waals surface area contributed by atoms with Crippen molar-refractivity contribution in [3.05, 3.63) is 32.6 Å². The summed E-state index contributed by atoms with van der Waals surface area (Å²) in [5.74, 6) is -0.314. The molecule has 0 aromatic carbocycles. The number of ether oxygens (including phenoxy) is 1. The first-order valence-electron chi connectivity index (χ1n) is 8.83. The molecule has 2 saturated heterocycles. The number of morpholine rings is 1. The number of likely N-dealkylation sites (tertiary alicyclic amines) is 1. The van der Waals surface area contributed by atoms with Crippen LogP contribution in [0.4, 0.5) is 0 Å². The molecule has 9 nitrogen and oxygen atoms in total. The summed E-state index contributed by atoms with van der Waals surface area (Å²) in [6.45, 7) is 3.24. The number of amides is 2. The zero-order valence-corrected chi connectivity index (χ0v) is 15.1. The van der Waals surface area contributed by atoms with Gasteiger partial charge in [0.05, 0.1) is 13.2 Å². The zero-order chi connectivity index (χ0) is 18.8. The molecule has 0 spiro atoms. The maximum atomic E-state index is 12.7. The lowest BCUT2D eigenvalue weighted by Gasteiger charge is -2.35. The van der Waals surface area contributed by atoms with Crippen LogP contribution in [0.3, 0.4) is 0 Å². The average Bonchev–Trinajstić information content (AvgIpc) is 2.69. The topological polar surface area (TPSA) is 93.8 Å². The van der Waals surface area contributed by atoms with E-state index >= 15 is 0 Å². The number of carbonyl (C=O) groups excluding carboxylic acids is 2. The predicted octanol–water partition coefficient (Wildman–Crippen LogP) is -1.20. The molecule has 3 heterocycles. The summed E-state index contributed by atoms with van der Waals surface area (Å²) >= 11 is 0. The minimum atomic E-state index is -0.529. The maximum Gasteiger partial charge on any atom is 0.331 e. The first kappa shape index (κ1) is 18.4. The van der Waals surface area contributed by atoms with E-state index in [2.05, 4.69) is 0 Å². The number of piperidine rings is 1. The van der Waals surface area contributed by atoms with Crippen LogP contribution in [0.1, 0.15) is 23.3 Å². The smallest absolute Gasteiger partial charge is 0.331 e. The molecule has 0 aliphatic carbocycles. The Bertz CT molecular complexity index is 813. The second-order valence-electron chi connectivity index (χ2n) is 6.77. The molecule has 9 heteroatoms. The van der Waals surface area contributed by atoms with E-state index in [9.17, 15) is 19.2 Å². The first-order chi connectivity index (χ1) is 12.4. The molecule has 26 heavy (non-hydrogen) atoms. The molecule has 2 amide bonds. The molecule has 0 N–H and O–H groups in total. The Kier molecular flexibility index (Phi) is 5.26. The zero-order valence-electron chi connectivity index (χ0n) is 15.1. The lowest BCUT2D eigenvalue weighted by Crippen LogP contribution is -2.48. The van der Waals surface area contributed by atoms with Crippen LogP contribution in [-0.2, 0) is 23.6 Å². The lowest BCUT2D eigenvalue weighted by molar-refractivity contribution is -0.141. The van der Waals surface area contributed by atoms with Crippen LogP contribution in [0.5, 0.6) is 0 Å². The van der Waals surface area contributed by atoms with E-state index in [4.69, 9.17) is 4.74 Å². The Morgan fingerprint density at radius 3 is 2.19 bits per heavy atom. The van der Waals surface area contributed by atoms with Gasteiger partial charge >= 0.3 is 5.69 Å². The van der Waals surface area contributed by atoms with Gasteiger partial charge < -0.3 is 14.5 Å². The molecule has 142 valence electrons. The summed E-state index contributed by atoms with van der Waals surface area (Å²) in [5, 5.41) is 0. The molecule has 0 unspecified atom stereocenters. The summed E-state index contributed by atoms with van der Waals surface area (Å²) in [4.78, 5) is 52.6. The van der Waals surface area contributed by atoms with Crippen molar-refractivity contribution in [3.63, 3.8) is 0 Å². The first-order valence-corrected chi connectivity index (χ1v) is 8.83. The van der Waals surface area contributed by atoms with Gasteiger partial charge in [0.1, 0.15) is 5.69 Å². The highest BCUT2D eigenvalue weighted by molar-refractivity contribution is 5.92. The molecule has 0 radical (unpaired) electrons. The Hall–Kier alpha value is -2.42. The van der Waals surface area contributed by atoms with Crippen LogP contribution in [0, 0.1) is 5.92 Å². The Morgan fingerprint density at radius 2 is 1.58 bits per heavy atom. The fourth-order valence-electron chi connectivity index (χ4n) is 3.47. The molecular weight excluding hydrogens is 340 g/mol. The van der Waals surface area contributed by atoms with Crippen LogP contribution in [0.15, 0.2) is 15.7 Å². The molecule has 0 saturated carbocycles. The van der Waals surface area contributed by atoms with Gasteiger partial charge in [0.2, 0.25) is 5.91 Å². The molecule has 1 aromatic rings. The van der Waals surface area contributed by atoms with Crippen LogP contribution in [-0.4, -0.2) is 70.1 Å². The number of nitrogens with zero attached hydrogens (tertiary/aromatic N) is 4. The summed E-state index contributed by atoms with van der Waals surface area (Å²) in [6.07, 6.45) is 1.17. The average molecular weight is 364 g/mol. The second kappa shape index (κ2) is 7.45. The van der Waals surface area contributed by atoms with Gasteiger partial charge in [-0.15, -0.1) is 0 Å².